The van der Waals surface area contributed by atoms with E-state index in [1.54, 1.807) is 0 Å². The molecule has 0 unspecified atom stereocenters. The Morgan fingerprint density at radius 3 is 0.864 bits per heavy atom. The largest absolute Gasteiger partial charge is 2.00 e. The molecule has 0 fully saturated rings. The zero-order valence-corrected chi connectivity index (χ0v) is 14.4. The molecule has 0 aromatic carbocycles. The van der Waals surface area contributed by atoms with Gasteiger partial charge >= 0.3 is 17.1 Å². The Bertz CT molecular complexity index is 213. The standard InChI is InChI=1S/2C5H5.5CH2O.2Fe/c2*1-2-4-5-3-1;5*1-2;;/h2*1-3H,4H2;5*1H2;;/q2*-1;;;;;;;+2. The second-order valence-electron chi connectivity index (χ2n) is 2.01. The van der Waals surface area contributed by atoms with E-state index in [2.05, 4.69) is 24.3 Å². The molecule has 2 rings (SSSR count). The van der Waals surface area contributed by atoms with Gasteiger partial charge in [0.15, 0.2) is 0 Å². The topological polar surface area (TPSA) is 85.3 Å². The average Bonchev–Trinajstić information content (AvgIpc) is 3.34. The van der Waals surface area contributed by atoms with Crippen LogP contribution in [0.2, 0.25) is 0 Å². The van der Waals surface area contributed by atoms with Crippen LogP contribution in [0.15, 0.2) is 36.5 Å². The molecule has 0 saturated carbocycles. The Morgan fingerprint density at radius 2 is 0.818 bits per heavy atom. The first-order valence-electron chi connectivity index (χ1n) is 4.88. The molecule has 22 heavy (non-hydrogen) atoms. The van der Waals surface area contributed by atoms with Crippen molar-refractivity contribution in [3.05, 3.63) is 48.6 Å². The van der Waals surface area contributed by atoms with E-state index in [1.165, 1.54) is 0 Å². The second-order valence-corrected chi connectivity index (χ2v) is 2.01. The molecule has 0 aromatic rings. The molecular weight excluding hydrogens is 372 g/mol. The van der Waals surface area contributed by atoms with Gasteiger partial charge in [-0.15, -0.1) is 12.8 Å². The third-order valence-corrected chi connectivity index (χ3v) is 1.17. The molecule has 5 nitrogen and oxygen atoms in total. The first-order chi connectivity index (χ1) is 10.0. The van der Waals surface area contributed by atoms with E-state index in [-0.39, 0.29) is 34.1 Å². The van der Waals surface area contributed by atoms with Gasteiger partial charge in [0, 0.05) is 17.1 Å². The van der Waals surface area contributed by atoms with Crippen LogP contribution in [-0.4, -0.2) is 33.9 Å². The van der Waals surface area contributed by atoms with Crippen molar-refractivity contribution in [2.75, 3.05) is 0 Å². The summed E-state index contributed by atoms with van der Waals surface area (Å²) in [6.07, 6.45) is 20.0. The molecule has 0 N–H and O–H groups in total. The van der Waals surface area contributed by atoms with Gasteiger partial charge < -0.3 is 24.0 Å². The van der Waals surface area contributed by atoms with Crippen molar-refractivity contribution in [1.82, 2.24) is 0 Å². The number of hydrogen-bond donors (Lipinski definition) is 0. The Kier molecular flexibility index (Phi) is 182. The van der Waals surface area contributed by atoms with E-state index in [0.29, 0.717) is 0 Å². The van der Waals surface area contributed by atoms with Gasteiger partial charge in [0.25, 0.3) is 0 Å². The fourth-order valence-electron chi connectivity index (χ4n) is 0.680. The zero-order chi connectivity index (χ0) is 17.1. The summed E-state index contributed by atoms with van der Waals surface area (Å²) in [5.41, 5.74) is 0. The third kappa shape index (κ3) is 79.2. The van der Waals surface area contributed by atoms with Crippen molar-refractivity contribution < 1.29 is 58.1 Å². The fourth-order valence-corrected chi connectivity index (χ4v) is 0.680. The molecular formula is C15H20Fe2O5. The van der Waals surface area contributed by atoms with E-state index < -0.39 is 0 Å². The van der Waals surface area contributed by atoms with Gasteiger partial charge in [0.2, 0.25) is 0 Å². The van der Waals surface area contributed by atoms with E-state index in [0.717, 1.165) is 12.8 Å². The first-order valence-corrected chi connectivity index (χ1v) is 4.88. The van der Waals surface area contributed by atoms with Crippen molar-refractivity contribution in [3.63, 3.8) is 0 Å². The summed E-state index contributed by atoms with van der Waals surface area (Å²) < 4.78 is 0. The molecule has 0 heterocycles. The summed E-state index contributed by atoms with van der Waals surface area (Å²) in [7, 11) is 0. The molecule has 0 amide bonds. The molecule has 0 radical (unpaired) electrons. The summed E-state index contributed by atoms with van der Waals surface area (Å²) in [6.45, 7) is 10.0. The van der Waals surface area contributed by atoms with Gasteiger partial charge in [0.1, 0.15) is 33.9 Å². The molecule has 0 spiro atoms. The van der Waals surface area contributed by atoms with Crippen LogP contribution in [0.25, 0.3) is 0 Å². The zero-order valence-electron chi connectivity index (χ0n) is 12.2. The SMILES string of the molecule is C=O.C=O.C=O.C=O.C=O.[C-]1=CC=CC1.[C-]1=CC=CC1.[Fe+2].[Fe]. The maximum atomic E-state index is 8.00. The molecule has 0 aromatic heterocycles. The van der Waals surface area contributed by atoms with Crippen molar-refractivity contribution in [2.24, 2.45) is 0 Å². The summed E-state index contributed by atoms with van der Waals surface area (Å²) in [4.78, 5) is 40.0. The normalized spacial score (nSPS) is 8.91. The van der Waals surface area contributed by atoms with Crippen LogP contribution < -0.4 is 0 Å². The predicted molar refractivity (Wildman–Crippen MR) is 78.7 cm³/mol. The predicted octanol–water partition coefficient (Wildman–Crippen LogP) is 1.68. The van der Waals surface area contributed by atoms with Crippen LogP contribution in [0.4, 0.5) is 0 Å². The van der Waals surface area contributed by atoms with Gasteiger partial charge in [-0.3, -0.25) is 12.2 Å². The smallest absolute Gasteiger partial charge is 0.307 e. The Morgan fingerprint density at radius 1 is 0.591 bits per heavy atom. The van der Waals surface area contributed by atoms with E-state index in [9.17, 15) is 0 Å². The molecule has 0 bridgehead atoms. The molecule has 0 aliphatic heterocycles. The fraction of sp³-hybridized carbons (Fsp3) is 0.133. The number of rotatable bonds is 0. The molecule has 2 aliphatic rings. The van der Waals surface area contributed by atoms with Crippen LogP contribution in [0.3, 0.4) is 0 Å². The van der Waals surface area contributed by atoms with Gasteiger partial charge in [-0.1, -0.05) is 0 Å². The maximum absolute atomic E-state index is 8.00. The van der Waals surface area contributed by atoms with Crippen LogP contribution in [0.1, 0.15) is 12.8 Å². The Labute approximate surface area is 153 Å². The van der Waals surface area contributed by atoms with Crippen molar-refractivity contribution in [2.45, 2.75) is 12.8 Å². The van der Waals surface area contributed by atoms with Crippen LogP contribution in [-0.2, 0) is 58.1 Å². The van der Waals surface area contributed by atoms with E-state index >= 15 is 0 Å². The first kappa shape index (κ1) is 42.8. The molecule has 126 valence electrons. The van der Waals surface area contributed by atoms with E-state index in [4.69, 9.17) is 24.0 Å². The summed E-state index contributed by atoms with van der Waals surface area (Å²) in [6, 6.07) is 0. The minimum absolute atomic E-state index is 0. The third-order valence-electron chi connectivity index (χ3n) is 1.17. The minimum atomic E-state index is 0. The Balaban J connectivity index is -0.0000000251. The molecule has 0 atom stereocenters. The van der Waals surface area contributed by atoms with Crippen LogP contribution in [0, 0.1) is 12.2 Å². The summed E-state index contributed by atoms with van der Waals surface area (Å²) in [5, 5.41) is 0. The monoisotopic (exact) mass is 392 g/mol. The van der Waals surface area contributed by atoms with Gasteiger partial charge in [-0.2, -0.15) is 12.2 Å². The molecule has 7 heteroatoms. The molecule has 2 aliphatic carbocycles. The Hall–Kier alpha value is -1.65. The van der Waals surface area contributed by atoms with Crippen LogP contribution in [0.5, 0.6) is 0 Å². The quantitative estimate of drug-likeness (QED) is 0.463. The number of hydrogen-bond acceptors (Lipinski definition) is 5. The average molecular weight is 392 g/mol. The number of allylic oxidation sites excluding steroid dienone is 8. The second kappa shape index (κ2) is 93.5. The van der Waals surface area contributed by atoms with Crippen molar-refractivity contribution in [1.29, 1.82) is 0 Å². The molecule has 0 saturated heterocycles. The summed E-state index contributed by atoms with van der Waals surface area (Å²) in [5.74, 6) is 0. The minimum Gasteiger partial charge on any atom is -0.307 e. The van der Waals surface area contributed by atoms with Crippen molar-refractivity contribution in [3.8, 4) is 0 Å². The maximum Gasteiger partial charge on any atom is 2.00 e. The van der Waals surface area contributed by atoms with Gasteiger partial charge in [-0.05, 0) is 0 Å². The van der Waals surface area contributed by atoms with Crippen molar-refractivity contribution >= 4 is 33.9 Å². The summed E-state index contributed by atoms with van der Waals surface area (Å²) >= 11 is 0. The number of carbonyl (C=O) groups is 5. The van der Waals surface area contributed by atoms with Gasteiger partial charge in [0.05, 0.1) is 0 Å². The van der Waals surface area contributed by atoms with Crippen LogP contribution >= 0.6 is 0 Å². The van der Waals surface area contributed by atoms with Gasteiger partial charge in [-0.25, -0.2) is 24.3 Å². The number of carbonyl (C=O) groups excluding carboxylic acids is 5. The van der Waals surface area contributed by atoms with E-state index in [1.807, 2.05) is 58.2 Å².